The zero-order valence-electron chi connectivity index (χ0n) is 10.6. The number of nitro groups is 1. The van der Waals surface area contributed by atoms with E-state index in [0.29, 0.717) is 17.6 Å². The van der Waals surface area contributed by atoms with Crippen molar-refractivity contribution in [1.82, 2.24) is 10.2 Å². The van der Waals surface area contributed by atoms with E-state index in [9.17, 15) is 19.7 Å². The topological polar surface area (TPSA) is 92.6 Å². The number of halogens is 1. The van der Waals surface area contributed by atoms with Crippen LogP contribution in [0.25, 0.3) is 0 Å². The Morgan fingerprint density at radius 3 is 2.90 bits per heavy atom. The van der Waals surface area contributed by atoms with Gasteiger partial charge in [0.15, 0.2) is 0 Å². The largest absolute Gasteiger partial charge is 0.353 e. The van der Waals surface area contributed by atoms with Gasteiger partial charge in [0, 0.05) is 29.7 Å². The summed E-state index contributed by atoms with van der Waals surface area (Å²) in [4.78, 5) is 35.6. The van der Waals surface area contributed by atoms with E-state index in [1.54, 1.807) is 6.92 Å². The van der Waals surface area contributed by atoms with Crippen LogP contribution in [0.1, 0.15) is 17.3 Å². The molecule has 1 aromatic carbocycles. The Morgan fingerprint density at radius 2 is 2.25 bits per heavy atom. The first-order chi connectivity index (χ1) is 9.41. The van der Waals surface area contributed by atoms with Crippen LogP contribution in [-0.2, 0) is 4.79 Å². The lowest BCUT2D eigenvalue weighted by molar-refractivity contribution is -0.384. The fourth-order valence-corrected chi connectivity index (χ4v) is 2.42. The van der Waals surface area contributed by atoms with Crippen LogP contribution in [0, 0.1) is 10.1 Å². The number of amides is 2. The van der Waals surface area contributed by atoms with Crippen LogP contribution >= 0.6 is 15.9 Å². The predicted octanol–water partition coefficient (Wildman–Crippen LogP) is 1.32. The van der Waals surface area contributed by atoms with E-state index in [1.807, 2.05) is 0 Å². The molecule has 1 aliphatic heterocycles. The van der Waals surface area contributed by atoms with Crippen LogP contribution in [0.4, 0.5) is 5.69 Å². The lowest BCUT2D eigenvalue weighted by atomic mass is 10.1. The molecule has 1 atom stereocenters. The van der Waals surface area contributed by atoms with Gasteiger partial charge < -0.3 is 10.2 Å². The van der Waals surface area contributed by atoms with Crippen molar-refractivity contribution < 1.29 is 14.5 Å². The van der Waals surface area contributed by atoms with Crippen molar-refractivity contribution in [2.45, 2.75) is 13.0 Å². The highest BCUT2D eigenvalue weighted by molar-refractivity contribution is 9.10. The number of carbonyl (C=O) groups is 2. The molecule has 1 aliphatic rings. The molecule has 2 rings (SSSR count). The summed E-state index contributed by atoms with van der Waals surface area (Å²) in [5.41, 5.74) is 0.0198. The molecule has 1 unspecified atom stereocenters. The van der Waals surface area contributed by atoms with E-state index >= 15 is 0 Å². The molecule has 0 aromatic heterocycles. The molecule has 0 bridgehead atoms. The summed E-state index contributed by atoms with van der Waals surface area (Å²) in [6, 6.07) is 3.39. The van der Waals surface area contributed by atoms with Gasteiger partial charge in [0.1, 0.15) is 6.04 Å². The SMILES string of the molecule is CC1C(=O)NCCN1C(=O)c1cc([N+](=O)[O-])ccc1Br. The van der Waals surface area contributed by atoms with Gasteiger partial charge in [-0.05, 0) is 28.9 Å². The van der Waals surface area contributed by atoms with Crippen LogP contribution in [-0.4, -0.2) is 40.8 Å². The molecule has 106 valence electrons. The summed E-state index contributed by atoms with van der Waals surface area (Å²) in [6.07, 6.45) is 0. The monoisotopic (exact) mass is 341 g/mol. The Hall–Kier alpha value is -1.96. The van der Waals surface area contributed by atoms with Gasteiger partial charge in [-0.2, -0.15) is 0 Å². The minimum Gasteiger partial charge on any atom is -0.353 e. The first-order valence-corrected chi connectivity index (χ1v) is 6.73. The fourth-order valence-electron chi connectivity index (χ4n) is 2.01. The number of hydrogen-bond acceptors (Lipinski definition) is 4. The number of nitrogens with one attached hydrogen (secondary N) is 1. The third kappa shape index (κ3) is 2.64. The summed E-state index contributed by atoms with van der Waals surface area (Å²) in [5.74, 6) is -0.630. The van der Waals surface area contributed by atoms with Gasteiger partial charge in [-0.3, -0.25) is 19.7 Å². The summed E-state index contributed by atoms with van der Waals surface area (Å²) in [5, 5.41) is 13.4. The van der Waals surface area contributed by atoms with Crippen LogP contribution in [0.3, 0.4) is 0 Å². The zero-order chi connectivity index (χ0) is 14.9. The second-order valence-corrected chi connectivity index (χ2v) is 5.24. The molecule has 1 N–H and O–H groups in total. The standard InChI is InChI=1S/C12H12BrN3O4/c1-7-11(17)14-4-5-15(7)12(18)9-6-8(16(19)20)2-3-10(9)13/h2-3,6-7H,4-5H2,1H3,(H,14,17). The predicted molar refractivity (Wildman–Crippen MR) is 74.3 cm³/mol. The van der Waals surface area contributed by atoms with Crippen molar-refractivity contribution in [1.29, 1.82) is 0 Å². The molecule has 7 nitrogen and oxygen atoms in total. The Bertz CT molecular complexity index is 590. The molecule has 0 spiro atoms. The van der Waals surface area contributed by atoms with E-state index in [0.717, 1.165) is 0 Å². The Labute approximate surface area is 123 Å². The van der Waals surface area contributed by atoms with E-state index < -0.39 is 16.9 Å². The molecule has 1 saturated heterocycles. The molecule has 1 fully saturated rings. The van der Waals surface area contributed by atoms with E-state index in [2.05, 4.69) is 21.2 Å². The summed E-state index contributed by atoms with van der Waals surface area (Å²) in [6.45, 7) is 2.37. The van der Waals surface area contributed by atoms with Crippen LogP contribution in [0.2, 0.25) is 0 Å². The number of benzene rings is 1. The molecule has 0 aliphatic carbocycles. The highest BCUT2D eigenvalue weighted by atomic mass is 79.9. The van der Waals surface area contributed by atoms with Crippen molar-refractivity contribution in [2.75, 3.05) is 13.1 Å². The molecular weight excluding hydrogens is 330 g/mol. The van der Waals surface area contributed by atoms with Gasteiger partial charge >= 0.3 is 0 Å². The first-order valence-electron chi connectivity index (χ1n) is 5.94. The molecule has 20 heavy (non-hydrogen) atoms. The zero-order valence-corrected chi connectivity index (χ0v) is 12.2. The third-order valence-corrected chi connectivity index (χ3v) is 3.84. The summed E-state index contributed by atoms with van der Waals surface area (Å²) >= 11 is 3.21. The first kappa shape index (κ1) is 14.4. The molecule has 0 radical (unpaired) electrons. The number of carbonyl (C=O) groups excluding carboxylic acids is 2. The molecule has 0 saturated carbocycles. The number of piperazine rings is 1. The van der Waals surface area contributed by atoms with Gasteiger partial charge in [0.25, 0.3) is 11.6 Å². The highest BCUT2D eigenvalue weighted by Gasteiger charge is 2.31. The van der Waals surface area contributed by atoms with Crippen LogP contribution in [0.5, 0.6) is 0 Å². The maximum absolute atomic E-state index is 12.4. The number of non-ortho nitro benzene ring substituents is 1. The molecular formula is C12H12BrN3O4. The maximum Gasteiger partial charge on any atom is 0.270 e. The van der Waals surface area contributed by atoms with E-state index in [-0.39, 0.29) is 17.2 Å². The van der Waals surface area contributed by atoms with Crippen molar-refractivity contribution in [3.63, 3.8) is 0 Å². The minimum absolute atomic E-state index is 0.161. The molecule has 8 heteroatoms. The highest BCUT2D eigenvalue weighted by Crippen LogP contribution is 2.24. The average Bonchev–Trinajstić information content (AvgIpc) is 2.41. The normalized spacial score (nSPS) is 18.6. The van der Waals surface area contributed by atoms with Crippen molar-refractivity contribution in [3.05, 3.63) is 38.3 Å². The second-order valence-electron chi connectivity index (χ2n) is 4.39. The molecule has 1 aromatic rings. The fraction of sp³-hybridized carbons (Fsp3) is 0.333. The maximum atomic E-state index is 12.4. The Kier molecular flexibility index (Phi) is 4.03. The third-order valence-electron chi connectivity index (χ3n) is 3.15. The molecule has 2 amide bonds. The number of hydrogen-bond donors (Lipinski definition) is 1. The number of nitrogens with zero attached hydrogens (tertiary/aromatic N) is 2. The van der Waals surface area contributed by atoms with E-state index in [1.165, 1.54) is 23.1 Å². The molecule has 1 heterocycles. The van der Waals surface area contributed by atoms with Gasteiger partial charge in [0.05, 0.1) is 10.5 Å². The quantitative estimate of drug-likeness (QED) is 0.648. The van der Waals surface area contributed by atoms with Crippen molar-refractivity contribution in [2.24, 2.45) is 0 Å². The van der Waals surface area contributed by atoms with Gasteiger partial charge in [-0.1, -0.05) is 0 Å². The number of rotatable bonds is 2. The summed E-state index contributed by atoms with van der Waals surface area (Å²) < 4.78 is 0.464. The average molecular weight is 342 g/mol. The van der Waals surface area contributed by atoms with Gasteiger partial charge in [-0.25, -0.2) is 0 Å². The lowest BCUT2D eigenvalue weighted by Crippen LogP contribution is -2.55. The van der Waals surface area contributed by atoms with Crippen LogP contribution < -0.4 is 5.32 Å². The minimum atomic E-state index is -0.595. The second kappa shape index (κ2) is 5.58. The summed E-state index contributed by atoms with van der Waals surface area (Å²) in [7, 11) is 0. The van der Waals surface area contributed by atoms with Crippen LogP contribution in [0.15, 0.2) is 22.7 Å². The smallest absolute Gasteiger partial charge is 0.270 e. The Balaban J connectivity index is 2.35. The van der Waals surface area contributed by atoms with E-state index in [4.69, 9.17) is 0 Å². The Morgan fingerprint density at radius 1 is 1.55 bits per heavy atom. The lowest BCUT2D eigenvalue weighted by Gasteiger charge is -2.33. The van der Waals surface area contributed by atoms with Crippen molar-refractivity contribution >= 4 is 33.4 Å². The van der Waals surface area contributed by atoms with Gasteiger partial charge in [0.2, 0.25) is 5.91 Å². The van der Waals surface area contributed by atoms with Gasteiger partial charge in [-0.15, -0.1) is 0 Å². The van der Waals surface area contributed by atoms with Crippen molar-refractivity contribution in [3.8, 4) is 0 Å². The number of nitro benzene ring substituents is 1.